The highest BCUT2D eigenvalue weighted by molar-refractivity contribution is 5.95. The van der Waals surface area contributed by atoms with Gasteiger partial charge in [-0.15, -0.1) is 0 Å². The fourth-order valence-corrected chi connectivity index (χ4v) is 2.14. The summed E-state index contributed by atoms with van der Waals surface area (Å²) in [6, 6.07) is -0.432. The van der Waals surface area contributed by atoms with Crippen molar-refractivity contribution in [3.8, 4) is 6.01 Å². The highest BCUT2D eigenvalue weighted by Crippen LogP contribution is 2.31. The van der Waals surface area contributed by atoms with Crippen molar-refractivity contribution in [2.45, 2.75) is 32.9 Å². The zero-order valence-electron chi connectivity index (χ0n) is 14.1. The maximum atomic E-state index is 13.0. The van der Waals surface area contributed by atoms with E-state index in [4.69, 9.17) is 0 Å². The molecule has 0 saturated carbocycles. The van der Waals surface area contributed by atoms with E-state index < -0.39 is 29.4 Å². The number of hydrogen-bond donors (Lipinski definition) is 1. The van der Waals surface area contributed by atoms with Crippen molar-refractivity contribution in [2.75, 3.05) is 33.3 Å². The van der Waals surface area contributed by atoms with Crippen LogP contribution in [0.25, 0.3) is 0 Å². The summed E-state index contributed by atoms with van der Waals surface area (Å²) in [5.74, 6) is -0.840. The van der Waals surface area contributed by atoms with E-state index in [1.54, 1.807) is 0 Å². The van der Waals surface area contributed by atoms with Gasteiger partial charge in [0.2, 0.25) is 0 Å². The van der Waals surface area contributed by atoms with Gasteiger partial charge in [0, 0.05) is 12.7 Å². The second-order valence-electron chi connectivity index (χ2n) is 5.11. The third-order valence-corrected chi connectivity index (χ3v) is 3.54. The first-order valence-corrected chi connectivity index (χ1v) is 7.82. The van der Waals surface area contributed by atoms with Crippen LogP contribution in [0.1, 0.15) is 42.7 Å². The minimum absolute atomic E-state index is 0.295. The van der Waals surface area contributed by atoms with Crippen LogP contribution in [0.4, 0.5) is 13.2 Å². The number of amides is 1. The SMILES string of the molecule is CCN(CC)CCCCNC(=O)c1cnc(OC)nc1C(F)(F)F. The van der Waals surface area contributed by atoms with E-state index in [0.717, 1.165) is 39.4 Å². The van der Waals surface area contributed by atoms with E-state index >= 15 is 0 Å². The lowest BCUT2D eigenvalue weighted by molar-refractivity contribution is -0.141. The van der Waals surface area contributed by atoms with Gasteiger partial charge in [0.1, 0.15) is 0 Å². The Kier molecular flexibility index (Phi) is 7.90. The van der Waals surface area contributed by atoms with Gasteiger partial charge in [0.15, 0.2) is 5.69 Å². The molecule has 0 fully saturated rings. The van der Waals surface area contributed by atoms with Crippen molar-refractivity contribution in [2.24, 2.45) is 0 Å². The highest BCUT2D eigenvalue weighted by Gasteiger charge is 2.38. The average Bonchev–Trinajstić information content (AvgIpc) is 2.56. The Labute approximate surface area is 139 Å². The molecule has 1 rings (SSSR count). The third-order valence-electron chi connectivity index (χ3n) is 3.54. The standard InChI is InChI=1S/C15H23F3N4O2/c1-4-22(5-2)9-7-6-8-19-13(23)11-10-20-14(24-3)21-12(11)15(16,17)18/h10H,4-9H2,1-3H3,(H,19,23). The summed E-state index contributed by atoms with van der Waals surface area (Å²) >= 11 is 0. The molecule has 1 heterocycles. The molecule has 136 valence electrons. The normalized spacial score (nSPS) is 11.6. The van der Waals surface area contributed by atoms with Crippen LogP contribution >= 0.6 is 0 Å². The number of aromatic nitrogens is 2. The van der Waals surface area contributed by atoms with Crippen LogP contribution in [0.3, 0.4) is 0 Å². The number of methoxy groups -OCH3 is 1. The molecule has 0 unspecified atom stereocenters. The van der Waals surface area contributed by atoms with E-state index in [9.17, 15) is 18.0 Å². The highest BCUT2D eigenvalue weighted by atomic mass is 19.4. The molecule has 0 bridgehead atoms. The molecule has 0 aliphatic rings. The molecule has 9 heteroatoms. The summed E-state index contributed by atoms with van der Waals surface area (Å²) in [5.41, 5.74) is -1.90. The first-order chi connectivity index (χ1) is 11.3. The largest absolute Gasteiger partial charge is 0.467 e. The maximum Gasteiger partial charge on any atom is 0.434 e. The molecule has 0 aliphatic heterocycles. The Morgan fingerprint density at radius 2 is 1.96 bits per heavy atom. The molecule has 24 heavy (non-hydrogen) atoms. The molecule has 0 saturated heterocycles. The molecular formula is C15H23F3N4O2. The number of nitrogens with one attached hydrogen (secondary N) is 1. The van der Waals surface area contributed by atoms with Crippen molar-refractivity contribution < 1.29 is 22.7 Å². The predicted molar refractivity (Wildman–Crippen MR) is 82.9 cm³/mol. The van der Waals surface area contributed by atoms with Crippen LogP contribution < -0.4 is 10.1 Å². The monoisotopic (exact) mass is 348 g/mol. The number of carbonyl (C=O) groups is 1. The molecule has 1 aromatic heterocycles. The van der Waals surface area contributed by atoms with Crippen LogP contribution in [-0.2, 0) is 6.18 Å². The lowest BCUT2D eigenvalue weighted by Crippen LogP contribution is -2.29. The second kappa shape index (κ2) is 9.41. The van der Waals surface area contributed by atoms with Gasteiger partial charge in [-0.2, -0.15) is 18.2 Å². The number of alkyl halides is 3. The maximum absolute atomic E-state index is 13.0. The third kappa shape index (κ3) is 5.95. The zero-order valence-corrected chi connectivity index (χ0v) is 14.1. The van der Waals surface area contributed by atoms with Crippen molar-refractivity contribution in [1.82, 2.24) is 20.2 Å². The number of ether oxygens (including phenoxy) is 1. The van der Waals surface area contributed by atoms with Gasteiger partial charge >= 0.3 is 12.2 Å². The summed E-state index contributed by atoms with van der Waals surface area (Å²) < 4.78 is 43.6. The Bertz CT molecular complexity index is 534. The number of nitrogens with zero attached hydrogens (tertiary/aromatic N) is 3. The minimum atomic E-state index is -4.76. The number of hydrogen-bond acceptors (Lipinski definition) is 5. The summed E-state index contributed by atoms with van der Waals surface area (Å²) in [6.45, 7) is 7.20. The van der Waals surface area contributed by atoms with Crippen molar-refractivity contribution in [3.63, 3.8) is 0 Å². The minimum Gasteiger partial charge on any atom is -0.467 e. The first-order valence-electron chi connectivity index (χ1n) is 7.82. The van der Waals surface area contributed by atoms with Gasteiger partial charge in [-0.1, -0.05) is 13.8 Å². The Morgan fingerprint density at radius 1 is 1.29 bits per heavy atom. The fourth-order valence-electron chi connectivity index (χ4n) is 2.14. The molecule has 0 aromatic carbocycles. The van der Waals surface area contributed by atoms with E-state index in [1.807, 2.05) is 0 Å². The van der Waals surface area contributed by atoms with Crippen LogP contribution in [0.2, 0.25) is 0 Å². The molecule has 1 aromatic rings. The van der Waals surface area contributed by atoms with Gasteiger partial charge in [-0.25, -0.2) is 4.98 Å². The smallest absolute Gasteiger partial charge is 0.434 e. The van der Waals surface area contributed by atoms with Gasteiger partial charge in [-0.3, -0.25) is 4.79 Å². The van der Waals surface area contributed by atoms with E-state index in [-0.39, 0.29) is 0 Å². The van der Waals surface area contributed by atoms with Gasteiger partial charge in [0.05, 0.1) is 12.7 Å². The number of rotatable bonds is 9. The lowest BCUT2D eigenvalue weighted by atomic mass is 10.2. The van der Waals surface area contributed by atoms with Crippen LogP contribution in [0.5, 0.6) is 6.01 Å². The molecule has 1 amide bonds. The topological polar surface area (TPSA) is 67.4 Å². The van der Waals surface area contributed by atoms with E-state index in [0.29, 0.717) is 13.0 Å². The van der Waals surface area contributed by atoms with Crippen LogP contribution in [-0.4, -0.2) is 54.1 Å². The summed E-state index contributed by atoms with van der Waals surface area (Å²) in [4.78, 5) is 21.0. The number of unbranched alkanes of at least 4 members (excludes halogenated alkanes) is 1. The lowest BCUT2D eigenvalue weighted by Gasteiger charge is -2.17. The number of carbonyl (C=O) groups excluding carboxylic acids is 1. The molecule has 6 nitrogen and oxygen atoms in total. The van der Waals surface area contributed by atoms with E-state index in [1.165, 1.54) is 0 Å². The fraction of sp³-hybridized carbons (Fsp3) is 0.667. The summed E-state index contributed by atoms with van der Waals surface area (Å²) in [5, 5.41) is 2.48. The van der Waals surface area contributed by atoms with Crippen LogP contribution in [0, 0.1) is 0 Å². The van der Waals surface area contributed by atoms with Crippen LogP contribution in [0.15, 0.2) is 6.20 Å². The molecule has 1 N–H and O–H groups in total. The summed E-state index contributed by atoms with van der Waals surface area (Å²) in [6.07, 6.45) is -2.39. The Balaban J connectivity index is 2.62. The molecule has 0 spiro atoms. The zero-order chi connectivity index (χ0) is 18.2. The van der Waals surface area contributed by atoms with E-state index in [2.05, 4.69) is 38.8 Å². The summed E-state index contributed by atoms with van der Waals surface area (Å²) in [7, 11) is 1.16. The first kappa shape index (κ1) is 20.1. The predicted octanol–water partition coefficient (Wildman–Crippen LogP) is 2.36. The molecule has 0 aliphatic carbocycles. The average molecular weight is 348 g/mol. The van der Waals surface area contributed by atoms with Crippen molar-refractivity contribution in [3.05, 3.63) is 17.5 Å². The Hall–Kier alpha value is -1.90. The Morgan fingerprint density at radius 3 is 2.50 bits per heavy atom. The quantitative estimate of drug-likeness (QED) is 0.694. The molecule has 0 atom stereocenters. The van der Waals surface area contributed by atoms with Gasteiger partial charge in [0.25, 0.3) is 5.91 Å². The molecular weight excluding hydrogens is 325 g/mol. The van der Waals surface area contributed by atoms with Crippen molar-refractivity contribution >= 4 is 5.91 Å². The van der Waals surface area contributed by atoms with Gasteiger partial charge in [-0.05, 0) is 32.5 Å². The molecule has 0 radical (unpaired) electrons. The van der Waals surface area contributed by atoms with Gasteiger partial charge < -0.3 is 15.0 Å². The number of halogens is 3. The second-order valence-corrected chi connectivity index (χ2v) is 5.11. The van der Waals surface area contributed by atoms with Crippen molar-refractivity contribution in [1.29, 1.82) is 0 Å².